The lowest BCUT2D eigenvalue weighted by atomic mass is 9.86. The molecule has 3 unspecified atom stereocenters. The molecule has 1 aromatic rings. The number of hydrogen-bond acceptors (Lipinski definition) is 6. The maximum absolute atomic E-state index is 13.8. The molecule has 0 radical (unpaired) electrons. The van der Waals surface area contributed by atoms with E-state index in [1.54, 1.807) is 21.9 Å². The molecule has 4 rings (SSSR count). The SMILES string of the molecule is CC(C)CC(NC(=O)c1ccc(C(C)(C)C)cc1)C(=O)N1CCC2C1C(=O)CN2C(=O)CN1CCNCC1. The Morgan fingerprint density at radius 1 is 1.03 bits per heavy atom. The zero-order valence-electron chi connectivity index (χ0n) is 23.5. The number of fused-ring (bicyclic) bond motifs is 1. The Morgan fingerprint density at radius 3 is 2.29 bits per heavy atom. The molecule has 38 heavy (non-hydrogen) atoms. The van der Waals surface area contributed by atoms with Crippen molar-refractivity contribution < 1.29 is 19.2 Å². The van der Waals surface area contributed by atoms with Gasteiger partial charge in [0.05, 0.1) is 19.1 Å². The molecular formula is C29H43N5O4. The van der Waals surface area contributed by atoms with Crippen LogP contribution in [-0.4, -0.2) is 102 Å². The van der Waals surface area contributed by atoms with Crippen molar-refractivity contribution in [1.82, 2.24) is 25.3 Å². The Kier molecular flexibility index (Phi) is 8.57. The molecule has 3 aliphatic rings. The maximum atomic E-state index is 13.8. The summed E-state index contributed by atoms with van der Waals surface area (Å²) < 4.78 is 0. The first-order chi connectivity index (χ1) is 18.0. The predicted octanol–water partition coefficient (Wildman–Crippen LogP) is 1.41. The molecule has 0 saturated carbocycles. The molecule has 3 amide bonds. The normalized spacial score (nSPS) is 23.1. The van der Waals surface area contributed by atoms with Gasteiger partial charge in [0.25, 0.3) is 5.91 Å². The van der Waals surface area contributed by atoms with Crippen molar-refractivity contribution in [3.8, 4) is 0 Å². The van der Waals surface area contributed by atoms with Gasteiger partial charge in [0.1, 0.15) is 12.1 Å². The highest BCUT2D eigenvalue weighted by molar-refractivity contribution is 6.01. The van der Waals surface area contributed by atoms with Crippen LogP contribution in [0.5, 0.6) is 0 Å². The van der Waals surface area contributed by atoms with Crippen LogP contribution in [-0.2, 0) is 19.8 Å². The first kappa shape index (κ1) is 28.2. The first-order valence-electron chi connectivity index (χ1n) is 13.9. The number of piperazine rings is 1. The van der Waals surface area contributed by atoms with Gasteiger partial charge < -0.3 is 20.4 Å². The molecule has 0 bridgehead atoms. The molecular weight excluding hydrogens is 482 g/mol. The van der Waals surface area contributed by atoms with Crippen molar-refractivity contribution in [1.29, 1.82) is 0 Å². The molecule has 3 heterocycles. The largest absolute Gasteiger partial charge is 0.340 e. The third-order valence-corrected chi connectivity index (χ3v) is 7.92. The number of nitrogens with zero attached hydrogens (tertiary/aromatic N) is 3. The summed E-state index contributed by atoms with van der Waals surface area (Å²) in [7, 11) is 0. The highest BCUT2D eigenvalue weighted by Gasteiger charge is 2.52. The lowest BCUT2D eigenvalue weighted by molar-refractivity contribution is -0.138. The average molecular weight is 526 g/mol. The number of nitrogens with one attached hydrogen (secondary N) is 2. The van der Waals surface area contributed by atoms with Gasteiger partial charge in [-0.15, -0.1) is 0 Å². The number of benzene rings is 1. The standard InChI is InChI=1S/C29H43N5O4/c1-19(2)16-22(31-27(37)20-6-8-21(9-7-20)29(3,4)5)28(38)33-13-10-23-26(33)24(35)17-34(23)25(36)18-32-14-11-30-12-15-32/h6-9,19,22-23,26,30H,10-18H2,1-5H3,(H,31,37). The minimum atomic E-state index is -0.734. The molecule has 9 heteroatoms. The zero-order valence-corrected chi connectivity index (χ0v) is 23.5. The van der Waals surface area contributed by atoms with E-state index in [2.05, 4.69) is 36.3 Å². The lowest BCUT2D eigenvalue weighted by Crippen LogP contribution is -2.53. The number of Topliss-reactive ketones (excluding diaryl/α,β-unsaturated/α-hetero) is 1. The fourth-order valence-corrected chi connectivity index (χ4v) is 5.80. The Balaban J connectivity index is 1.44. The first-order valence-corrected chi connectivity index (χ1v) is 13.9. The maximum Gasteiger partial charge on any atom is 0.251 e. The molecule has 3 aliphatic heterocycles. The van der Waals surface area contributed by atoms with Crippen LogP contribution in [0.25, 0.3) is 0 Å². The predicted molar refractivity (Wildman–Crippen MR) is 146 cm³/mol. The summed E-state index contributed by atoms with van der Waals surface area (Å²) >= 11 is 0. The Labute approximate surface area is 226 Å². The molecule has 208 valence electrons. The second-order valence-corrected chi connectivity index (χ2v) is 12.3. The van der Waals surface area contributed by atoms with Crippen molar-refractivity contribution in [3.63, 3.8) is 0 Å². The van der Waals surface area contributed by atoms with Crippen molar-refractivity contribution in [3.05, 3.63) is 35.4 Å². The van der Waals surface area contributed by atoms with Crippen LogP contribution >= 0.6 is 0 Å². The van der Waals surface area contributed by atoms with Gasteiger partial charge in [-0.2, -0.15) is 0 Å². The van der Waals surface area contributed by atoms with Gasteiger partial charge in [-0.3, -0.25) is 24.1 Å². The van der Waals surface area contributed by atoms with Gasteiger partial charge in [0.2, 0.25) is 11.8 Å². The van der Waals surface area contributed by atoms with Gasteiger partial charge in [-0.05, 0) is 41.9 Å². The summed E-state index contributed by atoms with van der Waals surface area (Å²) in [6, 6.07) is 5.82. The number of hydrogen-bond donors (Lipinski definition) is 2. The van der Waals surface area contributed by atoms with Crippen LogP contribution in [0.15, 0.2) is 24.3 Å². The van der Waals surface area contributed by atoms with Gasteiger partial charge in [0.15, 0.2) is 5.78 Å². The highest BCUT2D eigenvalue weighted by atomic mass is 16.2. The summed E-state index contributed by atoms with van der Waals surface area (Å²) in [4.78, 5) is 58.5. The number of amides is 3. The van der Waals surface area contributed by atoms with E-state index >= 15 is 0 Å². The monoisotopic (exact) mass is 525 g/mol. The van der Waals surface area contributed by atoms with Crippen molar-refractivity contribution in [2.75, 3.05) is 45.8 Å². The lowest BCUT2D eigenvalue weighted by Gasteiger charge is -2.30. The summed E-state index contributed by atoms with van der Waals surface area (Å²) in [5.41, 5.74) is 1.61. The molecule has 9 nitrogen and oxygen atoms in total. The van der Waals surface area contributed by atoms with Gasteiger partial charge >= 0.3 is 0 Å². The minimum Gasteiger partial charge on any atom is -0.340 e. The molecule has 3 atom stereocenters. The van der Waals surface area contributed by atoms with E-state index in [0.717, 1.165) is 31.7 Å². The summed E-state index contributed by atoms with van der Waals surface area (Å²) in [6.07, 6.45) is 1.05. The quantitative estimate of drug-likeness (QED) is 0.558. The Morgan fingerprint density at radius 2 is 1.68 bits per heavy atom. The van der Waals surface area contributed by atoms with E-state index in [1.807, 2.05) is 26.0 Å². The fourth-order valence-electron chi connectivity index (χ4n) is 5.80. The van der Waals surface area contributed by atoms with Crippen LogP contribution in [0.2, 0.25) is 0 Å². The minimum absolute atomic E-state index is 0.0223. The highest BCUT2D eigenvalue weighted by Crippen LogP contribution is 2.31. The van der Waals surface area contributed by atoms with Crippen LogP contribution in [0.3, 0.4) is 0 Å². The molecule has 0 spiro atoms. The smallest absolute Gasteiger partial charge is 0.251 e. The number of rotatable bonds is 7. The van der Waals surface area contributed by atoms with E-state index in [0.29, 0.717) is 31.5 Å². The second kappa shape index (κ2) is 11.5. The average Bonchev–Trinajstić information content (AvgIpc) is 3.44. The van der Waals surface area contributed by atoms with E-state index in [9.17, 15) is 19.2 Å². The summed E-state index contributed by atoms with van der Waals surface area (Å²) in [5.74, 6) is -0.515. The van der Waals surface area contributed by atoms with Crippen LogP contribution < -0.4 is 10.6 Å². The third kappa shape index (κ3) is 6.26. The molecule has 1 aromatic carbocycles. The van der Waals surface area contributed by atoms with E-state index in [1.165, 1.54) is 0 Å². The number of carbonyl (C=O) groups excluding carboxylic acids is 4. The fraction of sp³-hybridized carbons (Fsp3) is 0.655. The zero-order chi connectivity index (χ0) is 27.6. The molecule has 2 N–H and O–H groups in total. The van der Waals surface area contributed by atoms with Gasteiger partial charge in [0, 0.05) is 38.3 Å². The van der Waals surface area contributed by atoms with E-state index < -0.39 is 12.1 Å². The summed E-state index contributed by atoms with van der Waals surface area (Å²) in [5, 5.41) is 6.23. The topological polar surface area (TPSA) is 102 Å². The van der Waals surface area contributed by atoms with Crippen molar-refractivity contribution in [2.45, 2.75) is 71.0 Å². The van der Waals surface area contributed by atoms with E-state index in [-0.39, 0.29) is 47.4 Å². The van der Waals surface area contributed by atoms with Gasteiger partial charge in [-0.25, -0.2) is 0 Å². The third-order valence-electron chi connectivity index (χ3n) is 7.92. The Bertz CT molecular complexity index is 1040. The van der Waals surface area contributed by atoms with Crippen LogP contribution in [0, 0.1) is 5.92 Å². The molecule has 0 aromatic heterocycles. The second-order valence-electron chi connectivity index (χ2n) is 12.3. The molecule has 0 aliphatic carbocycles. The van der Waals surface area contributed by atoms with Crippen molar-refractivity contribution >= 4 is 23.5 Å². The number of likely N-dealkylation sites (tertiary alicyclic amines) is 2. The van der Waals surface area contributed by atoms with Crippen LogP contribution in [0.1, 0.15) is 63.4 Å². The van der Waals surface area contributed by atoms with Crippen molar-refractivity contribution in [2.24, 2.45) is 5.92 Å². The Hall–Kier alpha value is -2.78. The van der Waals surface area contributed by atoms with Gasteiger partial charge in [-0.1, -0.05) is 46.8 Å². The number of ketones is 1. The molecule has 3 saturated heterocycles. The number of carbonyl (C=O) groups is 4. The van der Waals surface area contributed by atoms with E-state index in [4.69, 9.17) is 0 Å². The van der Waals surface area contributed by atoms with Crippen LogP contribution in [0.4, 0.5) is 0 Å². The summed E-state index contributed by atoms with van der Waals surface area (Å²) in [6.45, 7) is 14.4. The molecule has 3 fully saturated rings.